The van der Waals surface area contributed by atoms with Crippen LogP contribution in [0.5, 0.6) is 0 Å². The Kier molecular flexibility index (Phi) is 24.5. The van der Waals surface area contributed by atoms with E-state index in [0.29, 0.717) is 17.4 Å². The molecule has 0 aliphatic carbocycles. The van der Waals surface area contributed by atoms with Crippen molar-refractivity contribution in [3.63, 3.8) is 0 Å². The molecule has 0 saturated heterocycles. The first-order valence-electron chi connectivity index (χ1n) is 15.9. The van der Waals surface area contributed by atoms with Crippen molar-refractivity contribution in [1.82, 2.24) is 5.32 Å². The minimum atomic E-state index is -4.32. The fourth-order valence-electron chi connectivity index (χ4n) is 3.96. The number of unbranched alkanes of at least 4 members (excludes halogenated alkanes) is 10. The molecule has 0 bridgehead atoms. The summed E-state index contributed by atoms with van der Waals surface area (Å²) in [6.07, 6.45) is 26.5. The van der Waals surface area contributed by atoms with Crippen LogP contribution in [0.3, 0.4) is 0 Å². The highest BCUT2D eigenvalue weighted by Crippen LogP contribution is 2.43. The van der Waals surface area contributed by atoms with E-state index in [4.69, 9.17) is 9.05 Å². The van der Waals surface area contributed by atoms with Gasteiger partial charge in [-0.2, -0.15) is 0 Å². The summed E-state index contributed by atoms with van der Waals surface area (Å²) in [6.45, 7) is 4.62. The van der Waals surface area contributed by atoms with Crippen LogP contribution in [0.4, 0.5) is 0 Å². The molecular weight excluding hydrogens is 539 g/mol. The van der Waals surface area contributed by atoms with Crippen molar-refractivity contribution in [2.75, 3.05) is 40.9 Å². The van der Waals surface area contributed by atoms with E-state index in [-0.39, 0.29) is 19.1 Å². The number of phosphoric ester groups is 1. The second kappa shape index (κ2) is 25.2. The number of nitrogens with one attached hydrogen (secondary N) is 1. The predicted molar refractivity (Wildman–Crippen MR) is 171 cm³/mol. The highest BCUT2D eigenvalue weighted by molar-refractivity contribution is 7.47. The Hall–Kier alpha value is -1.28. The van der Waals surface area contributed by atoms with Crippen molar-refractivity contribution < 1.29 is 32.9 Å². The van der Waals surface area contributed by atoms with Crippen LogP contribution < -0.4 is 5.32 Å². The highest BCUT2D eigenvalue weighted by Gasteiger charge is 2.27. The number of amides is 1. The van der Waals surface area contributed by atoms with Crippen LogP contribution in [-0.2, 0) is 18.4 Å². The summed E-state index contributed by atoms with van der Waals surface area (Å²) in [6, 6.07) is -0.860. The van der Waals surface area contributed by atoms with Crippen molar-refractivity contribution in [3.8, 4) is 0 Å². The first-order chi connectivity index (χ1) is 19.5. The zero-order valence-electron chi connectivity index (χ0n) is 26.8. The minimum absolute atomic E-state index is 0.0533. The Labute approximate surface area is 251 Å². The summed E-state index contributed by atoms with van der Waals surface area (Å²) in [5.74, 6) is -0.202. The molecule has 3 unspecified atom stereocenters. The second-order valence-electron chi connectivity index (χ2n) is 11.8. The summed E-state index contributed by atoms with van der Waals surface area (Å²) >= 11 is 0. The Morgan fingerprint density at radius 3 is 1.90 bits per heavy atom. The number of aliphatic hydroxyl groups is 1. The van der Waals surface area contributed by atoms with Crippen LogP contribution in [0.2, 0.25) is 0 Å². The Balaban J connectivity index is 4.76. The number of likely N-dealkylation sites (N-methyl/N-ethyl adjacent to an activating group) is 1. The molecule has 0 aliphatic heterocycles. The first-order valence-corrected chi connectivity index (χ1v) is 17.4. The molecule has 0 rings (SSSR count). The van der Waals surface area contributed by atoms with Gasteiger partial charge in [0, 0.05) is 6.42 Å². The number of carbonyl (C=O) groups is 1. The average molecular weight is 602 g/mol. The van der Waals surface area contributed by atoms with Crippen LogP contribution >= 0.6 is 7.82 Å². The van der Waals surface area contributed by atoms with E-state index in [2.05, 4.69) is 43.5 Å². The molecule has 0 fully saturated rings. The van der Waals surface area contributed by atoms with Gasteiger partial charge in [0.1, 0.15) is 13.2 Å². The number of allylic oxidation sites excluding steroid dienone is 5. The van der Waals surface area contributed by atoms with Crippen LogP contribution in [-0.4, -0.2) is 73.4 Å². The van der Waals surface area contributed by atoms with Gasteiger partial charge in [0.15, 0.2) is 0 Å². The summed E-state index contributed by atoms with van der Waals surface area (Å²) in [7, 11) is 1.54. The molecule has 41 heavy (non-hydrogen) atoms. The van der Waals surface area contributed by atoms with Gasteiger partial charge in [0.05, 0.1) is 39.9 Å². The Bertz CT molecular complexity index is 779. The average Bonchev–Trinajstić information content (AvgIpc) is 2.90. The zero-order chi connectivity index (χ0) is 30.8. The van der Waals surface area contributed by atoms with E-state index < -0.39 is 20.0 Å². The number of carbonyl (C=O) groups excluding carboxylic acids is 1. The predicted octanol–water partition coefficient (Wildman–Crippen LogP) is 7.23. The molecule has 9 heteroatoms. The normalized spacial score (nSPS) is 15.6. The van der Waals surface area contributed by atoms with E-state index in [1.165, 1.54) is 38.5 Å². The summed E-state index contributed by atoms with van der Waals surface area (Å²) in [5, 5.41) is 13.6. The molecule has 0 aromatic rings. The van der Waals surface area contributed by atoms with Crippen molar-refractivity contribution in [1.29, 1.82) is 0 Å². The van der Waals surface area contributed by atoms with Crippen molar-refractivity contribution in [3.05, 3.63) is 36.5 Å². The lowest BCUT2D eigenvalue weighted by Gasteiger charge is -2.25. The van der Waals surface area contributed by atoms with Gasteiger partial charge in [-0.25, -0.2) is 4.57 Å². The van der Waals surface area contributed by atoms with Gasteiger partial charge in [-0.05, 0) is 38.5 Å². The lowest BCUT2D eigenvalue weighted by atomic mass is 10.1. The maximum absolute atomic E-state index is 12.6. The van der Waals surface area contributed by atoms with Crippen molar-refractivity contribution in [2.45, 2.75) is 122 Å². The van der Waals surface area contributed by atoms with E-state index in [1.54, 1.807) is 6.08 Å². The molecular formula is C32H62N2O6P+. The van der Waals surface area contributed by atoms with Crippen molar-refractivity contribution in [2.24, 2.45) is 0 Å². The van der Waals surface area contributed by atoms with Crippen molar-refractivity contribution >= 4 is 13.7 Å². The van der Waals surface area contributed by atoms with Crippen LogP contribution in [0.1, 0.15) is 110 Å². The molecule has 0 saturated carbocycles. The molecule has 1 amide bonds. The van der Waals surface area contributed by atoms with Gasteiger partial charge in [0.25, 0.3) is 0 Å². The number of phosphoric acid groups is 1. The highest BCUT2D eigenvalue weighted by atomic mass is 31.2. The smallest absolute Gasteiger partial charge is 0.387 e. The molecule has 0 radical (unpaired) electrons. The van der Waals surface area contributed by atoms with E-state index >= 15 is 0 Å². The lowest BCUT2D eigenvalue weighted by molar-refractivity contribution is -0.870. The molecule has 0 aromatic heterocycles. The van der Waals surface area contributed by atoms with Gasteiger partial charge in [-0.15, -0.1) is 0 Å². The fourth-order valence-corrected chi connectivity index (χ4v) is 4.69. The number of nitrogens with zero attached hydrogens (tertiary/aromatic N) is 1. The lowest BCUT2D eigenvalue weighted by Crippen LogP contribution is -2.45. The van der Waals surface area contributed by atoms with Gasteiger partial charge in [-0.1, -0.05) is 102 Å². The number of quaternary nitrogens is 1. The van der Waals surface area contributed by atoms with Crippen LogP contribution in [0, 0.1) is 0 Å². The van der Waals surface area contributed by atoms with E-state index in [1.807, 2.05) is 27.2 Å². The summed E-state index contributed by atoms with van der Waals surface area (Å²) in [5.41, 5.74) is 0. The number of hydrogen-bond donors (Lipinski definition) is 3. The zero-order valence-corrected chi connectivity index (χ0v) is 27.7. The topological polar surface area (TPSA) is 105 Å². The SMILES string of the molecule is CCC/C=C/CC/C=C/CC/C=C/C(O)C(COP(=O)(O)OCC[N+](C)(C)C)NC(=O)CCCCCCCCCC. The summed E-state index contributed by atoms with van der Waals surface area (Å²) in [4.78, 5) is 22.7. The molecule has 240 valence electrons. The molecule has 3 atom stereocenters. The summed E-state index contributed by atoms with van der Waals surface area (Å²) < 4.78 is 23.2. The monoisotopic (exact) mass is 601 g/mol. The Morgan fingerprint density at radius 1 is 0.805 bits per heavy atom. The van der Waals surface area contributed by atoms with E-state index in [0.717, 1.165) is 51.4 Å². The number of aliphatic hydroxyl groups excluding tert-OH is 1. The van der Waals surface area contributed by atoms with Gasteiger partial charge in [0.2, 0.25) is 5.91 Å². The number of hydrogen-bond acceptors (Lipinski definition) is 5. The quantitative estimate of drug-likeness (QED) is 0.0397. The first kappa shape index (κ1) is 39.7. The largest absolute Gasteiger partial charge is 0.472 e. The fraction of sp³-hybridized carbons (Fsp3) is 0.781. The second-order valence-corrected chi connectivity index (χ2v) is 13.3. The molecule has 3 N–H and O–H groups in total. The standard InChI is InChI=1S/C32H61N2O6P/c1-6-8-10-12-14-16-17-18-19-21-23-25-31(35)30(29-40-41(37,38)39-28-27-34(3,4)5)33-32(36)26-24-22-20-15-13-11-9-7-2/h10,12,17-18,23,25,30-31,35H,6-9,11,13-16,19-22,24,26-29H2,1-5H3,(H-,33,36,37,38)/p+1/b12-10+,18-17+,25-23+. The minimum Gasteiger partial charge on any atom is -0.387 e. The maximum Gasteiger partial charge on any atom is 0.472 e. The third-order valence-corrected chi connectivity index (χ3v) is 7.56. The Morgan fingerprint density at radius 2 is 1.34 bits per heavy atom. The molecule has 0 spiro atoms. The van der Waals surface area contributed by atoms with Gasteiger partial charge < -0.3 is 19.8 Å². The maximum atomic E-state index is 12.6. The molecule has 0 aliphatic rings. The third-order valence-electron chi connectivity index (χ3n) is 6.57. The van der Waals surface area contributed by atoms with E-state index in [9.17, 15) is 19.4 Å². The van der Waals surface area contributed by atoms with Gasteiger partial charge in [-0.3, -0.25) is 13.8 Å². The molecule has 8 nitrogen and oxygen atoms in total. The van der Waals surface area contributed by atoms with Crippen LogP contribution in [0.25, 0.3) is 0 Å². The molecule has 0 heterocycles. The molecule has 0 aromatic carbocycles. The third kappa shape index (κ3) is 27.3. The number of rotatable bonds is 27. The van der Waals surface area contributed by atoms with Gasteiger partial charge >= 0.3 is 7.82 Å². The van der Waals surface area contributed by atoms with Crippen LogP contribution in [0.15, 0.2) is 36.5 Å².